The van der Waals surface area contributed by atoms with Gasteiger partial charge in [-0.1, -0.05) is 12.7 Å². The fraction of sp³-hybridized carbons (Fsp3) is 0.250. The van der Waals surface area contributed by atoms with Crippen LogP contribution in [0.15, 0.2) is 18.7 Å². The third kappa shape index (κ3) is 1.27. The molecule has 15 heavy (non-hydrogen) atoms. The van der Waals surface area contributed by atoms with Crippen molar-refractivity contribution in [2.45, 2.75) is 19.3 Å². The van der Waals surface area contributed by atoms with Crippen LogP contribution >= 0.6 is 0 Å². The molecule has 0 atom stereocenters. The first-order valence-electron chi connectivity index (χ1n) is 4.74. The molecule has 1 aromatic rings. The number of fused-ring (bicyclic) bond motifs is 1. The third-order valence-electron chi connectivity index (χ3n) is 2.83. The fourth-order valence-electron chi connectivity index (χ4n) is 1.76. The Morgan fingerprint density at radius 3 is 2.73 bits per heavy atom. The minimum absolute atomic E-state index is 0.169. The van der Waals surface area contributed by atoms with Gasteiger partial charge < -0.3 is 5.32 Å². The minimum atomic E-state index is -0.671. The van der Waals surface area contributed by atoms with E-state index < -0.39 is 11.2 Å². The van der Waals surface area contributed by atoms with E-state index in [2.05, 4.69) is 11.9 Å². The van der Waals surface area contributed by atoms with Crippen molar-refractivity contribution in [1.29, 1.82) is 0 Å². The molecule has 0 saturated carbocycles. The predicted molar refractivity (Wildman–Crippen MR) is 58.1 cm³/mol. The summed E-state index contributed by atoms with van der Waals surface area (Å²) in [5, 5.41) is 2.56. The molecule has 1 heterocycles. The summed E-state index contributed by atoms with van der Waals surface area (Å²) in [6.07, 6.45) is 1.57. The van der Waals surface area contributed by atoms with Crippen molar-refractivity contribution in [3.8, 4) is 0 Å². The standard InChI is InChI=1S/C12H12FNO/c1-4-7-5-8-10(9(13)6-7)14-11(15)12(8,2)3/h4-6H,1H2,2-3H3,(H,14,15). The smallest absolute Gasteiger partial charge is 0.234 e. The Labute approximate surface area is 87.8 Å². The molecule has 1 aliphatic heterocycles. The Hall–Kier alpha value is -1.64. The van der Waals surface area contributed by atoms with E-state index in [1.807, 2.05) is 0 Å². The number of hydrogen-bond donors (Lipinski definition) is 1. The van der Waals surface area contributed by atoms with Crippen LogP contribution in [0, 0.1) is 5.82 Å². The zero-order valence-electron chi connectivity index (χ0n) is 8.73. The van der Waals surface area contributed by atoms with Crippen molar-refractivity contribution >= 4 is 17.7 Å². The number of hydrogen-bond acceptors (Lipinski definition) is 1. The quantitative estimate of drug-likeness (QED) is 0.750. The van der Waals surface area contributed by atoms with Gasteiger partial charge in [-0.05, 0) is 37.1 Å². The Kier molecular flexibility index (Phi) is 1.93. The summed E-state index contributed by atoms with van der Waals surface area (Å²) in [4.78, 5) is 11.6. The zero-order chi connectivity index (χ0) is 11.2. The highest BCUT2D eigenvalue weighted by Gasteiger charge is 2.39. The molecule has 0 aromatic heterocycles. The molecule has 0 fully saturated rings. The molecule has 0 spiro atoms. The van der Waals surface area contributed by atoms with Crippen molar-refractivity contribution < 1.29 is 9.18 Å². The van der Waals surface area contributed by atoms with Gasteiger partial charge in [0.15, 0.2) is 0 Å². The summed E-state index contributed by atoms with van der Waals surface area (Å²) in [5.41, 5.74) is 1.02. The lowest BCUT2D eigenvalue weighted by Gasteiger charge is -2.15. The Morgan fingerprint density at radius 2 is 2.13 bits per heavy atom. The zero-order valence-corrected chi connectivity index (χ0v) is 8.73. The van der Waals surface area contributed by atoms with Crippen molar-refractivity contribution in [3.05, 3.63) is 35.7 Å². The van der Waals surface area contributed by atoms with Gasteiger partial charge in [-0.15, -0.1) is 0 Å². The van der Waals surface area contributed by atoms with Gasteiger partial charge in [-0.25, -0.2) is 4.39 Å². The summed E-state index contributed by atoms with van der Waals surface area (Å²) in [6, 6.07) is 3.16. The maximum atomic E-state index is 13.6. The summed E-state index contributed by atoms with van der Waals surface area (Å²) in [6.45, 7) is 7.15. The lowest BCUT2D eigenvalue weighted by molar-refractivity contribution is -0.119. The maximum Gasteiger partial charge on any atom is 0.234 e. The van der Waals surface area contributed by atoms with Crippen molar-refractivity contribution in [2.24, 2.45) is 0 Å². The third-order valence-corrected chi connectivity index (χ3v) is 2.83. The molecule has 1 aliphatic rings. The van der Waals surface area contributed by atoms with E-state index in [4.69, 9.17) is 0 Å². The molecule has 0 radical (unpaired) electrons. The largest absolute Gasteiger partial charge is 0.323 e. The molecule has 2 nitrogen and oxygen atoms in total. The number of carbonyl (C=O) groups excluding carboxylic acids is 1. The lowest BCUT2D eigenvalue weighted by atomic mass is 9.85. The summed E-state index contributed by atoms with van der Waals surface area (Å²) in [5.74, 6) is -0.570. The second kappa shape index (κ2) is 2.92. The molecule has 0 aliphatic carbocycles. The molecular formula is C12H12FNO. The lowest BCUT2D eigenvalue weighted by Crippen LogP contribution is -2.26. The predicted octanol–water partition coefficient (Wildman–Crippen LogP) is 2.70. The van der Waals surface area contributed by atoms with E-state index >= 15 is 0 Å². The number of nitrogens with one attached hydrogen (secondary N) is 1. The van der Waals surface area contributed by atoms with Crippen LogP contribution in [0.3, 0.4) is 0 Å². The molecule has 0 bridgehead atoms. The van der Waals surface area contributed by atoms with Gasteiger partial charge >= 0.3 is 0 Å². The highest BCUT2D eigenvalue weighted by Crippen LogP contribution is 2.39. The van der Waals surface area contributed by atoms with Crippen LogP contribution in [0.5, 0.6) is 0 Å². The van der Waals surface area contributed by atoms with Crippen molar-refractivity contribution in [1.82, 2.24) is 0 Å². The molecule has 1 N–H and O–H groups in total. The van der Waals surface area contributed by atoms with E-state index in [9.17, 15) is 9.18 Å². The topological polar surface area (TPSA) is 29.1 Å². The second-order valence-electron chi connectivity index (χ2n) is 4.21. The number of benzene rings is 1. The van der Waals surface area contributed by atoms with Crippen molar-refractivity contribution in [3.63, 3.8) is 0 Å². The highest BCUT2D eigenvalue weighted by atomic mass is 19.1. The van der Waals surface area contributed by atoms with E-state index in [1.54, 1.807) is 26.0 Å². The van der Waals surface area contributed by atoms with Crippen LogP contribution in [0.1, 0.15) is 25.0 Å². The van der Waals surface area contributed by atoms with Gasteiger partial charge in [0.25, 0.3) is 0 Å². The van der Waals surface area contributed by atoms with Crippen LogP contribution in [-0.2, 0) is 10.2 Å². The molecule has 0 saturated heterocycles. The molecule has 1 amide bonds. The summed E-state index contributed by atoms with van der Waals surface area (Å²) in [7, 11) is 0. The number of rotatable bonds is 1. The number of halogens is 1. The van der Waals surface area contributed by atoms with Crippen LogP contribution in [0.4, 0.5) is 10.1 Å². The summed E-state index contributed by atoms with van der Waals surface area (Å²) < 4.78 is 13.6. The molecular weight excluding hydrogens is 193 g/mol. The minimum Gasteiger partial charge on any atom is -0.323 e. The first kappa shape index (κ1) is 9.90. The Balaban J connectivity index is 2.71. The van der Waals surface area contributed by atoms with Crippen molar-refractivity contribution in [2.75, 3.05) is 5.32 Å². The molecule has 78 valence electrons. The Bertz CT molecular complexity index is 463. The number of carbonyl (C=O) groups is 1. The molecule has 0 unspecified atom stereocenters. The molecule has 3 heteroatoms. The second-order valence-corrected chi connectivity index (χ2v) is 4.21. The maximum absolute atomic E-state index is 13.6. The fourth-order valence-corrected chi connectivity index (χ4v) is 1.76. The molecule has 2 rings (SSSR count). The van der Waals surface area contributed by atoms with Gasteiger partial charge in [-0.3, -0.25) is 4.79 Å². The average Bonchev–Trinajstić information content (AvgIpc) is 2.41. The van der Waals surface area contributed by atoms with Crippen LogP contribution in [-0.4, -0.2) is 5.91 Å². The normalized spacial score (nSPS) is 17.1. The highest BCUT2D eigenvalue weighted by molar-refractivity contribution is 6.05. The average molecular weight is 205 g/mol. The van der Waals surface area contributed by atoms with Gasteiger partial charge in [0, 0.05) is 0 Å². The molecule has 1 aromatic carbocycles. The van der Waals surface area contributed by atoms with Gasteiger partial charge in [-0.2, -0.15) is 0 Å². The SMILES string of the molecule is C=Cc1cc(F)c2c(c1)C(C)(C)C(=O)N2. The van der Waals surface area contributed by atoms with Gasteiger partial charge in [0.05, 0.1) is 11.1 Å². The number of amides is 1. The monoisotopic (exact) mass is 205 g/mol. The van der Waals surface area contributed by atoms with E-state index in [-0.39, 0.29) is 5.91 Å². The van der Waals surface area contributed by atoms with Gasteiger partial charge in [0.1, 0.15) is 5.82 Å². The van der Waals surface area contributed by atoms with Crippen LogP contribution < -0.4 is 5.32 Å². The van der Waals surface area contributed by atoms with E-state index in [1.165, 1.54) is 6.07 Å². The van der Waals surface area contributed by atoms with E-state index in [0.29, 0.717) is 16.8 Å². The Morgan fingerprint density at radius 1 is 1.47 bits per heavy atom. The first-order chi connectivity index (χ1) is 6.96. The van der Waals surface area contributed by atoms with Gasteiger partial charge in [0.2, 0.25) is 5.91 Å². The summed E-state index contributed by atoms with van der Waals surface area (Å²) >= 11 is 0. The number of anilines is 1. The first-order valence-corrected chi connectivity index (χ1v) is 4.74. The van der Waals surface area contributed by atoms with Crippen LogP contribution in [0.2, 0.25) is 0 Å². The van der Waals surface area contributed by atoms with Crippen LogP contribution in [0.25, 0.3) is 6.08 Å². The van der Waals surface area contributed by atoms with E-state index in [0.717, 1.165) is 0 Å².